The number of rotatable bonds is 4. The van der Waals surface area contributed by atoms with E-state index in [0.29, 0.717) is 34.3 Å². The Morgan fingerprint density at radius 1 is 1.32 bits per heavy atom. The number of carbonyl (C=O) groups is 3. The SMILES string of the molecule is CCOc1cc([C@H]2CC(=O)NC3=C2C(=O)[C@H](C(=O)OC)[C@@H](C)C3)cc(Br)c1O. The molecule has 1 aromatic carbocycles. The number of benzene rings is 1. The molecule has 7 nitrogen and oxygen atoms in total. The molecule has 3 atom stereocenters. The first kappa shape index (κ1) is 20.4. The van der Waals surface area contributed by atoms with Crippen molar-refractivity contribution < 1.29 is 29.0 Å². The molecule has 1 aliphatic carbocycles. The van der Waals surface area contributed by atoms with E-state index in [1.54, 1.807) is 26.0 Å². The summed E-state index contributed by atoms with van der Waals surface area (Å²) >= 11 is 3.30. The van der Waals surface area contributed by atoms with Gasteiger partial charge in [0.1, 0.15) is 5.92 Å². The second-order valence-electron chi connectivity index (χ2n) is 7.03. The van der Waals surface area contributed by atoms with Gasteiger partial charge in [-0.1, -0.05) is 6.92 Å². The van der Waals surface area contributed by atoms with Gasteiger partial charge in [-0.25, -0.2) is 0 Å². The van der Waals surface area contributed by atoms with Gasteiger partial charge in [-0.2, -0.15) is 0 Å². The first-order valence-corrected chi connectivity index (χ1v) is 9.87. The molecular formula is C20H22BrNO6. The van der Waals surface area contributed by atoms with E-state index in [4.69, 9.17) is 9.47 Å². The summed E-state index contributed by atoms with van der Waals surface area (Å²) in [4.78, 5) is 37.7. The predicted octanol–water partition coefficient (Wildman–Crippen LogP) is 2.81. The molecule has 8 heteroatoms. The van der Waals surface area contributed by atoms with Gasteiger partial charge in [-0.05, 0) is 52.9 Å². The van der Waals surface area contributed by atoms with Gasteiger partial charge >= 0.3 is 5.97 Å². The van der Waals surface area contributed by atoms with Crippen LogP contribution in [-0.4, -0.2) is 36.5 Å². The van der Waals surface area contributed by atoms with Crippen molar-refractivity contribution >= 4 is 33.6 Å². The Hall–Kier alpha value is -2.35. The fourth-order valence-electron chi connectivity index (χ4n) is 3.94. The Morgan fingerprint density at radius 2 is 2.04 bits per heavy atom. The van der Waals surface area contributed by atoms with Gasteiger partial charge in [0.05, 0.1) is 18.2 Å². The van der Waals surface area contributed by atoms with Gasteiger partial charge < -0.3 is 19.9 Å². The van der Waals surface area contributed by atoms with E-state index >= 15 is 0 Å². The summed E-state index contributed by atoms with van der Waals surface area (Å²) in [5.74, 6) is -2.57. The molecule has 0 fully saturated rings. The van der Waals surface area contributed by atoms with Crippen LogP contribution in [0.25, 0.3) is 0 Å². The minimum Gasteiger partial charge on any atom is -0.503 e. The summed E-state index contributed by atoms with van der Waals surface area (Å²) in [7, 11) is 1.26. The van der Waals surface area contributed by atoms with E-state index in [9.17, 15) is 19.5 Å². The van der Waals surface area contributed by atoms with Gasteiger partial charge in [0.2, 0.25) is 5.91 Å². The molecule has 0 radical (unpaired) electrons. The molecule has 2 N–H and O–H groups in total. The van der Waals surface area contributed by atoms with Crippen LogP contribution in [0.5, 0.6) is 11.5 Å². The largest absolute Gasteiger partial charge is 0.503 e. The maximum absolute atomic E-state index is 13.2. The number of aromatic hydroxyl groups is 1. The molecule has 0 saturated heterocycles. The minimum absolute atomic E-state index is 0.0453. The number of ether oxygens (including phenoxy) is 2. The highest BCUT2D eigenvalue weighted by atomic mass is 79.9. The molecule has 0 spiro atoms. The van der Waals surface area contributed by atoms with Crippen LogP contribution in [0, 0.1) is 11.8 Å². The maximum atomic E-state index is 13.2. The van der Waals surface area contributed by atoms with Gasteiger partial charge in [0.25, 0.3) is 0 Å². The first-order chi connectivity index (χ1) is 13.3. The second-order valence-corrected chi connectivity index (χ2v) is 7.88. The van der Waals surface area contributed by atoms with Crippen LogP contribution in [0.4, 0.5) is 0 Å². The molecule has 1 aromatic rings. The number of ketones is 1. The topological polar surface area (TPSA) is 102 Å². The Balaban J connectivity index is 2.11. The smallest absolute Gasteiger partial charge is 0.316 e. The average molecular weight is 452 g/mol. The number of hydrogen-bond donors (Lipinski definition) is 2. The molecule has 2 aliphatic rings. The van der Waals surface area contributed by atoms with Crippen LogP contribution in [0.3, 0.4) is 0 Å². The highest BCUT2D eigenvalue weighted by Gasteiger charge is 2.45. The van der Waals surface area contributed by atoms with E-state index in [0.717, 1.165) is 0 Å². The fourth-order valence-corrected chi connectivity index (χ4v) is 4.40. The van der Waals surface area contributed by atoms with Crippen molar-refractivity contribution in [3.8, 4) is 11.5 Å². The Bertz CT molecular complexity index is 878. The third-order valence-corrected chi connectivity index (χ3v) is 5.81. The summed E-state index contributed by atoms with van der Waals surface area (Å²) in [6.45, 7) is 3.94. The zero-order valence-electron chi connectivity index (χ0n) is 15.9. The lowest BCUT2D eigenvalue weighted by Crippen LogP contribution is -2.44. The molecule has 28 heavy (non-hydrogen) atoms. The lowest BCUT2D eigenvalue weighted by Gasteiger charge is -2.36. The maximum Gasteiger partial charge on any atom is 0.316 e. The lowest BCUT2D eigenvalue weighted by atomic mass is 9.70. The third kappa shape index (κ3) is 3.53. The number of phenolic OH excluding ortho intramolecular Hbond substituents is 1. The Kier molecular flexibility index (Phi) is 5.79. The minimum atomic E-state index is -0.895. The normalized spacial score (nSPS) is 24.5. The van der Waals surface area contributed by atoms with E-state index in [2.05, 4.69) is 21.2 Å². The molecular weight excluding hydrogens is 430 g/mol. The first-order valence-electron chi connectivity index (χ1n) is 9.08. The molecule has 0 bridgehead atoms. The van der Waals surface area contributed by atoms with Crippen LogP contribution in [0.1, 0.15) is 38.2 Å². The molecule has 150 valence electrons. The zero-order valence-corrected chi connectivity index (χ0v) is 17.5. The van der Waals surface area contributed by atoms with Gasteiger partial charge in [-0.15, -0.1) is 0 Å². The Morgan fingerprint density at radius 3 is 2.68 bits per heavy atom. The molecule has 3 rings (SSSR count). The molecule has 0 aromatic heterocycles. The summed E-state index contributed by atoms with van der Waals surface area (Å²) in [5.41, 5.74) is 1.64. The fraction of sp³-hybridized carbons (Fsp3) is 0.450. The zero-order chi connectivity index (χ0) is 20.6. The van der Waals surface area contributed by atoms with Crippen molar-refractivity contribution in [1.82, 2.24) is 5.32 Å². The second kappa shape index (κ2) is 7.95. The van der Waals surface area contributed by atoms with Crippen LogP contribution < -0.4 is 10.1 Å². The van der Waals surface area contributed by atoms with Crippen molar-refractivity contribution in [2.75, 3.05) is 13.7 Å². The van der Waals surface area contributed by atoms with Crippen LogP contribution in [-0.2, 0) is 19.1 Å². The van der Waals surface area contributed by atoms with Gasteiger partial charge in [0, 0.05) is 23.6 Å². The Labute approximate surface area is 171 Å². The highest BCUT2D eigenvalue weighted by Crippen LogP contribution is 2.45. The molecule has 1 aliphatic heterocycles. The molecule has 1 amide bonds. The number of methoxy groups -OCH3 is 1. The van der Waals surface area contributed by atoms with E-state index in [1.165, 1.54) is 7.11 Å². The van der Waals surface area contributed by atoms with Crippen LogP contribution >= 0.6 is 15.9 Å². The third-order valence-electron chi connectivity index (χ3n) is 5.20. The monoisotopic (exact) mass is 451 g/mol. The van der Waals surface area contributed by atoms with E-state index in [1.807, 2.05) is 0 Å². The quantitative estimate of drug-likeness (QED) is 0.538. The van der Waals surface area contributed by atoms with Crippen LogP contribution in [0.15, 0.2) is 27.9 Å². The van der Waals surface area contributed by atoms with Crippen molar-refractivity contribution in [1.29, 1.82) is 0 Å². The van der Waals surface area contributed by atoms with Crippen LogP contribution in [0.2, 0.25) is 0 Å². The number of esters is 1. The number of carbonyl (C=O) groups excluding carboxylic acids is 3. The van der Waals surface area contributed by atoms with Crippen molar-refractivity contribution in [2.24, 2.45) is 11.8 Å². The van der Waals surface area contributed by atoms with Gasteiger partial charge in [-0.3, -0.25) is 14.4 Å². The van der Waals surface area contributed by atoms with Crippen molar-refractivity contribution in [2.45, 2.75) is 32.6 Å². The summed E-state index contributed by atoms with van der Waals surface area (Å²) in [6, 6.07) is 3.31. The lowest BCUT2D eigenvalue weighted by molar-refractivity contribution is -0.151. The number of halogens is 1. The molecule has 1 heterocycles. The van der Waals surface area contributed by atoms with Crippen molar-refractivity contribution in [3.05, 3.63) is 33.4 Å². The summed E-state index contributed by atoms with van der Waals surface area (Å²) in [6.07, 6.45) is 0.469. The average Bonchev–Trinajstić information content (AvgIpc) is 2.64. The number of phenols is 1. The number of nitrogens with one attached hydrogen (secondary N) is 1. The van der Waals surface area contributed by atoms with E-state index < -0.39 is 17.8 Å². The number of amides is 1. The summed E-state index contributed by atoms with van der Waals surface area (Å²) < 4.78 is 10.7. The summed E-state index contributed by atoms with van der Waals surface area (Å²) in [5, 5.41) is 13.0. The number of hydrogen-bond acceptors (Lipinski definition) is 6. The number of allylic oxidation sites excluding steroid dienone is 2. The van der Waals surface area contributed by atoms with E-state index in [-0.39, 0.29) is 35.5 Å². The molecule has 0 saturated carbocycles. The number of Topliss-reactive ketones (excluding diaryl/α,β-unsaturated/α-hetero) is 1. The highest BCUT2D eigenvalue weighted by molar-refractivity contribution is 9.10. The van der Waals surface area contributed by atoms with Gasteiger partial charge in [0.15, 0.2) is 17.3 Å². The molecule has 0 unspecified atom stereocenters. The standard InChI is InChI=1S/C20H22BrNO6/c1-4-28-14-7-10(6-12(21)18(14)24)11-8-15(23)22-13-5-9(2)16(20(26)27-3)19(25)17(11)13/h6-7,9,11,16,24H,4-5,8H2,1-3H3,(H,22,23)/t9-,11+,16+/m0/s1. The predicted molar refractivity (Wildman–Crippen MR) is 104 cm³/mol. The van der Waals surface area contributed by atoms with Crippen molar-refractivity contribution in [3.63, 3.8) is 0 Å².